The van der Waals surface area contributed by atoms with Crippen molar-refractivity contribution in [3.8, 4) is 0 Å². The van der Waals surface area contributed by atoms with Crippen LogP contribution in [0.4, 0.5) is 20.6 Å². The number of hydrogen-bond donors (Lipinski definition) is 2. The van der Waals surface area contributed by atoms with Crippen molar-refractivity contribution in [1.82, 2.24) is 15.1 Å². The third-order valence-electron chi connectivity index (χ3n) is 6.58. The lowest BCUT2D eigenvalue weighted by atomic mass is 10.1. The molecule has 0 bridgehead atoms. The van der Waals surface area contributed by atoms with Crippen LogP contribution >= 0.6 is 23.2 Å². The zero-order chi connectivity index (χ0) is 29.5. The van der Waals surface area contributed by atoms with Crippen molar-refractivity contribution >= 4 is 52.4 Å². The molecule has 1 aliphatic heterocycles. The van der Waals surface area contributed by atoms with Crippen LogP contribution in [0.15, 0.2) is 66.7 Å². The number of amides is 4. The number of halogens is 3. The number of carbonyl (C=O) groups is 3. The minimum atomic E-state index is -0.457. The molecular weight excluding hydrogens is 568 g/mol. The number of anilines is 2. The van der Waals surface area contributed by atoms with Crippen molar-refractivity contribution in [3.05, 3.63) is 93.7 Å². The maximum atomic E-state index is 13.5. The van der Waals surface area contributed by atoms with E-state index >= 15 is 0 Å². The largest absolute Gasteiger partial charge is 0.368 e. The van der Waals surface area contributed by atoms with Crippen LogP contribution in [0.25, 0.3) is 0 Å². The lowest BCUT2D eigenvalue weighted by Gasteiger charge is -2.36. The summed E-state index contributed by atoms with van der Waals surface area (Å²) in [6.07, 6.45) is 0. The number of benzene rings is 3. The number of carbonyl (C=O) groups excluding carboxylic acids is 3. The SMILES string of the molecule is CC(C)NC(=O)N1CCN(c2ccc(Cl)c(NC(=O)CN(Cc3ccc(F)cc3)C(=O)c3ccccc3Cl)c2)CC1. The Morgan fingerprint density at radius 2 is 1.61 bits per heavy atom. The molecular formula is C30H32Cl2FN5O3. The van der Waals surface area contributed by atoms with Gasteiger partial charge in [0.15, 0.2) is 0 Å². The molecule has 3 aromatic carbocycles. The van der Waals surface area contributed by atoms with Gasteiger partial charge in [-0.2, -0.15) is 0 Å². The molecule has 1 aliphatic rings. The fraction of sp³-hybridized carbons (Fsp3) is 0.300. The molecule has 0 unspecified atom stereocenters. The molecule has 4 amide bonds. The van der Waals surface area contributed by atoms with Crippen molar-refractivity contribution in [2.45, 2.75) is 26.4 Å². The van der Waals surface area contributed by atoms with Gasteiger partial charge in [-0.3, -0.25) is 9.59 Å². The normalized spacial score (nSPS) is 13.2. The maximum Gasteiger partial charge on any atom is 0.317 e. The zero-order valence-corrected chi connectivity index (χ0v) is 24.4. The molecule has 0 radical (unpaired) electrons. The van der Waals surface area contributed by atoms with Crippen molar-refractivity contribution in [3.63, 3.8) is 0 Å². The highest BCUT2D eigenvalue weighted by Crippen LogP contribution is 2.29. The summed E-state index contributed by atoms with van der Waals surface area (Å²) in [5, 5.41) is 6.35. The predicted octanol–water partition coefficient (Wildman–Crippen LogP) is 5.65. The van der Waals surface area contributed by atoms with Gasteiger partial charge in [-0.05, 0) is 61.9 Å². The molecule has 2 N–H and O–H groups in total. The van der Waals surface area contributed by atoms with Gasteiger partial charge in [0.2, 0.25) is 5.91 Å². The van der Waals surface area contributed by atoms with Crippen LogP contribution in [-0.2, 0) is 11.3 Å². The molecule has 1 fully saturated rings. The van der Waals surface area contributed by atoms with Crippen molar-refractivity contribution in [1.29, 1.82) is 0 Å². The van der Waals surface area contributed by atoms with Crippen molar-refractivity contribution in [2.75, 3.05) is 42.9 Å². The van der Waals surface area contributed by atoms with E-state index in [1.165, 1.54) is 17.0 Å². The summed E-state index contributed by atoms with van der Waals surface area (Å²) in [7, 11) is 0. The van der Waals surface area contributed by atoms with Crippen LogP contribution < -0.4 is 15.5 Å². The topological polar surface area (TPSA) is 85.0 Å². The summed E-state index contributed by atoms with van der Waals surface area (Å²) in [5.41, 5.74) is 2.16. The van der Waals surface area contributed by atoms with E-state index in [1.807, 2.05) is 19.9 Å². The molecule has 8 nitrogen and oxygen atoms in total. The van der Waals surface area contributed by atoms with E-state index < -0.39 is 17.6 Å². The Hall–Kier alpha value is -3.82. The summed E-state index contributed by atoms with van der Waals surface area (Å²) in [5.74, 6) is -1.29. The Bertz CT molecular complexity index is 1400. The van der Waals surface area contributed by atoms with E-state index in [0.29, 0.717) is 42.5 Å². The molecule has 0 saturated carbocycles. The van der Waals surface area contributed by atoms with E-state index in [2.05, 4.69) is 15.5 Å². The molecule has 0 spiro atoms. The minimum absolute atomic E-state index is 0.0644. The van der Waals surface area contributed by atoms with Crippen molar-refractivity contribution in [2.24, 2.45) is 0 Å². The lowest BCUT2D eigenvalue weighted by molar-refractivity contribution is -0.117. The maximum absolute atomic E-state index is 13.5. The first-order valence-electron chi connectivity index (χ1n) is 13.3. The van der Waals surface area contributed by atoms with Crippen LogP contribution in [0, 0.1) is 5.82 Å². The number of nitrogens with one attached hydrogen (secondary N) is 2. The van der Waals surface area contributed by atoms with Gasteiger partial charge < -0.3 is 25.3 Å². The molecule has 0 aliphatic carbocycles. The predicted molar refractivity (Wildman–Crippen MR) is 160 cm³/mol. The highest BCUT2D eigenvalue weighted by Gasteiger charge is 2.24. The standard InChI is InChI=1S/C30H32Cl2FN5O3/c1-20(2)34-30(41)37-15-13-36(14-16-37)23-11-12-26(32)27(17-23)35-28(39)19-38(18-21-7-9-22(33)10-8-21)29(40)24-5-3-4-6-25(24)31/h3-12,17,20H,13-16,18-19H2,1-2H3,(H,34,41)(H,35,39). The van der Waals surface area contributed by atoms with E-state index in [4.69, 9.17) is 23.2 Å². The van der Waals surface area contributed by atoms with Gasteiger partial charge in [0.1, 0.15) is 12.4 Å². The second kappa shape index (κ2) is 13.7. The quantitative estimate of drug-likeness (QED) is 0.350. The third-order valence-corrected chi connectivity index (χ3v) is 7.24. The third kappa shape index (κ3) is 8.11. The Kier molecular flexibility index (Phi) is 10.1. The fourth-order valence-electron chi connectivity index (χ4n) is 4.49. The molecule has 1 saturated heterocycles. The Labute approximate surface area is 249 Å². The van der Waals surface area contributed by atoms with Crippen LogP contribution in [0.1, 0.15) is 29.8 Å². The van der Waals surface area contributed by atoms with Crippen LogP contribution in [0.2, 0.25) is 10.0 Å². The number of urea groups is 1. The van der Waals surface area contributed by atoms with Gasteiger partial charge in [-0.15, -0.1) is 0 Å². The number of piperazine rings is 1. The second-order valence-electron chi connectivity index (χ2n) is 10.1. The van der Waals surface area contributed by atoms with Crippen LogP contribution in [0.3, 0.4) is 0 Å². The Balaban J connectivity index is 1.46. The molecule has 41 heavy (non-hydrogen) atoms. The average Bonchev–Trinajstić information content (AvgIpc) is 2.94. The van der Waals surface area contributed by atoms with E-state index in [1.54, 1.807) is 53.4 Å². The average molecular weight is 601 g/mol. The lowest BCUT2D eigenvalue weighted by Crippen LogP contribution is -2.52. The van der Waals surface area contributed by atoms with Gasteiger partial charge in [-0.1, -0.05) is 47.5 Å². The van der Waals surface area contributed by atoms with E-state index in [-0.39, 0.29) is 35.7 Å². The Morgan fingerprint density at radius 3 is 2.27 bits per heavy atom. The minimum Gasteiger partial charge on any atom is -0.368 e. The first kappa shape index (κ1) is 30.1. The van der Waals surface area contributed by atoms with Gasteiger partial charge in [0, 0.05) is 44.5 Å². The van der Waals surface area contributed by atoms with Crippen molar-refractivity contribution < 1.29 is 18.8 Å². The molecule has 11 heteroatoms. The number of nitrogens with zero attached hydrogens (tertiary/aromatic N) is 3. The van der Waals surface area contributed by atoms with Crippen LogP contribution in [0.5, 0.6) is 0 Å². The van der Waals surface area contributed by atoms with Crippen LogP contribution in [-0.4, -0.2) is 66.4 Å². The van der Waals surface area contributed by atoms with Gasteiger partial charge >= 0.3 is 6.03 Å². The first-order chi connectivity index (χ1) is 19.6. The summed E-state index contributed by atoms with van der Waals surface area (Å²) >= 11 is 12.7. The van der Waals surface area contributed by atoms with Gasteiger partial charge in [0.05, 0.1) is 21.3 Å². The molecule has 4 rings (SSSR count). The Morgan fingerprint density at radius 1 is 0.927 bits per heavy atom. The monoisotopic (exact) mass is 599 g/mol. The van der Waals surface area contributed by atoms with Gasteiger partial charge in [0.25, 0.3) is 5.91 Å². The molecule has 3 aromatic rings. The number of rotatable bonds is 8. The highest BCUT2D eigenvalue weighted by atomic mass is 35.5. The first-order valence-corrected chi connectivity index (χ1v) is 14.0. The molecule has 1 heterocycles. The second-order valence-corrected chi connectivity index (χ2v) is 10.9. The summed E-state index contributed by atoms with van der Waals surface area (Å²) in [6, 6.07) is 17.7. The molecule has 0 aromatic heterocycles. The number of hydrogen-bond acceptors (Lipinski definition) is 4. The van der Waals surface area contributed by atoms with Gasteiger partial charge in [-0.25, -0.2) is 9.18 Å². The molecule has 216 valence electrons. The molecule has 0 atom stereocenters. The summed E-state index contributed by atoms with van der Waals surface area (Å²) in [4.78, 5) is 44.2. The zero-order valence-electron chi connectivity index (χ0n) is 22.9. The summed E-state index contributed by atoms with van der Waals surface area (Å²) < 4.78 is 13.5. The van der Waals surface area contributed by atoms with E-state index in [9.17, 15) is 18.8 Å². The highest BCUT2D eigenvalue weighted by molar-refractivity contribution is 6.34. The smallest absolute Gasteiger partial charge is 0.317 e. The summed E-state index contributed by atoms with van der Waals surface area (Å²) in [6.45, 7) is 6.00. The fourth-order valence-corrected chi connectivity index (χ4v) is 4.87. The van der Waals surface area contributed by atoms with E-state index in [0.717, 1.165) is 5.69 Å².